The van der Waals surface area contributed by atoms with Gasteiger partial charge in [-0.2, -0.15) is 0 Å². The van der Waals surface area contributed by atoms with Gasteiger partial charge in [-0.05, 0) is 19.3 Å². The van der Waals surface area contributed by atoms with Gasteiger partial charge in [0.25, 0.3) is 0 Å². The Balaban J connectivity index is 1.77. The Kier molecular flexibility index (Phi) is 4.97. The number of esters is 1. The second-order valence-corrected chi connectivity index (χ2v) is 5.14. The highest BCUT2D eigenvalue weighted by Crippen LogP contribution is 2.24. The predicted octanol–water partition coefficient (Wildman–Crippen LogP) is 0.864. The van der Waals surface area contributed by atoms with Gasteiger partial charge in [-0.15, -0.1) is 0 Å². The molecule has 5 nitrogen and oxygen atoms in total. The molecule has 2 aliphatic rings. The molecule has 1 heterocycles. The predicted molar refractivity (Wildman–Crippen MR) is 66.3 cm³/mol. The maximum atomic E-state index is 12.0. The van der Waals surface area contributed by atoms with E-state index in [0.29, 0.717) is 6.42 Å². The van der Waals surface area contributed by atoms with Gasteiger partial charge >= 0.3 is 5.97 Å². The highest BCUT2D eigenvalue weighted by Gasteiger charge is 2.33. The zero-order valence-electron chi connectivity index (χ0n) is 11.2. The van der Waals surface area contributed by atoms with Gasteiger partial charge in [0, 0.05) is 33.6 Å². The molecular weight excluding hydrogens is 234 g/mol. The zero-order valence-corrected chi connectivity index (χ0v) is 11.2. The topological polar surface area (TPSA) is 56.8 Å². The molecule has 4 unspecified atom stereocenters. The molecule has 0 aromatic heterocycles. The molecule has 104 valence electrons. The van der Waals surface area contributed by atoms with E-state index in [0.717, 1.165) is 32.2 Å². The van der Waals surface area contributed by atoms with Gasteiger partial charge in [-0.1, -0.05) is 0 Å². The van der Waals surface area contributed by atoms with Crippen LogP contribution >= 0.6 is 0 Å². The third-order valence-electron chi connectivity index (χ3n) is 3.90. The van der Waals surface area contributed by atoms with Crippen molar-refractivity contribution in [3.63, 3.8) is 0 Å². The van der Waals surface area contributed by atoms with Crippen LogP contribution < -0.4 is 5.32 Å². The van der Waals surface area contributed by atoms with E-state index in [4.69, 9.17) is 14.2 Å². The maximum absolute atomic E-state index is 12.0. The lowest BCUT2D eigenvalue weighted by atomic mass is 9.95. The van der Waals surface area contributed by atoms with Crippen LogP contribution in [0, 0.1) is 0 Å². The van der Waals surface area contributed by atoms with Crippen LogP contribution in [0.4, 0.5) is 0 Å². The SMILES string of the molecule is COC1CCCC(OC(=O)C2CC(OC)CN2)C1. The van der Waals surface area contributed by atoms with E-state index in [1.807, 2.05) is 0 Å². The molecule has 0 aromatic carbocycles. The van der Waals surface area contributed by atoms with Crippen LogP contribution in [0.25, 0.3) is 0 Å². The lowest BCUT2D eigenvalue weighted by Crippen LogP contribution is -2.37. The largest absolute Gasteiger partial charge is 0.461 e. The number of hydrogen-bond donors (Lipinski definition) is 1. The molecule has 1 saturated heterocycles. The van der Waals surface area contributed by atoms with Crippen LogP contribution in [0.2, 0.25) is 0 Å². The fraction of sp³-hybridized carbons (Fsp3) is 0.923. The van der Waals surface area contributed by atoms with E-state index in [-0.39, 0.29) is 30.3 Å². The Morgan fingerprint density at radius 3 is 2.44 bits per heavy atom. The van der Waals surface area contributed by atoms with Crippen LogP contribution in [0.15, 0.2) is 0 Å². The molecule has 0 aromatic rings. The van der Waals surface area contributed by atoms with E-state index in [2.05, 4.69) is 5.32 Å². The minimum atomic E-state index is -0.210. The Labute approximate surface area is 108 Å². The number of rotatable bonds is 4. The van der Waals surface area contributed by atoms with Gasteiger partial charge < -0.3 is 19.5 Å². The van der Waals surface area contributed by atoms with Crippen LogP contribution in [-0.2, 0) is 19.0 Å². The fourth-order valence-electron chi connectivity index (χ4n) is 2.73. The Bertz CT molecular complexity index is 284. The molecule has 1 saturated carbocycles. The minimum absolute atomic E-state index is 0.0135. The first-order valence-corrected chi connectivity index (χ1v) is 6.72. The molecule has 0 radical (unpaired) electrons. The van der Waals surface area contributed by atoms with Crippen molar-refractivity contribution >= 4 is 5.97 Å². The van der Waals surface area contributed by atoms with Crippen LogP contribution in [0.3, 0.4) is 0 Å². The van der Waals surface area contributed by atoms with Crippen LogP contribution in [-0.4, -0.2) is 51.1 Å². The number of ether oxygens (including phenoxy) is 3. The van der Waals surface area contributed by atoms with E-state index >= 15 is 0 Å². The van der Waals surface area contributed by atoms with Crippen molar-refractivity contribution < 1.29 is 19.0 Å². The molecule has 5 heteroatoms. The molecule has 0 amide bonds. The fourth-order valence-corrected chi connectivity index (χ4v) is 2.73. The molecule has 0 bridgehead atoms. The van der Waals surface area contributed by atoms with Gasteiger partial charge in [0.15, 0.2) is 0 Å². The van der Waals surface area contributed by atoms with Gasteiger partial charge in [0.05, 0.1) is 12.2 Å². The normalized spacial score (nSPS) is 36.6. The van der Waals surface area contributed by atoms with Crippen molar-refractivity contribution in [2.24, 2.45) is 0 Å². The lowest BCUT2D eigenvalue weighted by molar-refractivity contribution is -0.155. The van der Waals surface area contributed by atoms with Crippen molar-refractivity contribution in [3.05, 3.63) is 0 Å². The first-order valence-electron chi connectivity index (χ1n) is 6.72. The quantitative estimate of drug-likeness (QED) is 0.757. The smallest absolute Gasteiger partial charge is 0.323 e. The Hall–Kier alpha value is -0.650. The number of nitrogens with one attached hydrogen (secondary N) is 1. The molecule has 2 rings (SSSR count). The lowest BCUT2D eigenvalue weighted by Gasteiger charge is -2.28. The third-order valence-corrected chi connectivity index (χ3v) is 3.90. The molecule has 2 fully saturated rings. The van der Waals surface area contributed by atoms with E-state index in [9.17, 15) is 4.79 Å². The number of carbonyl (C=O) groups excluding carboxylic acids is 1. The molecule has 1 aliphatic carbocycles. The highest BCUT2D eigenvalue weighted by molar-refractivity contribution is 5.76. The van der Waals surface area contributed by atoms with E-state index < -0.39 is 0 Å². The average Bonchev–Trinajstić information content (AvgIpc) is 2.88. The van der Waals surface area contributed by atoms with Crippen molar-refractivity contribution in [2.45, 2.75) is 56.5 Å². The summed E-state index contributed by atoms with van der Waals surface area (Å²) in [6.45, 7) is 0.724. The van der Waals surface area contributed by atoms with E-state index in [1.165, 1.54) is 0 Å². The summed E-state index contributed by atoms with van der Waals surface area (Å²) in [4.78, 5) is 12.0. The highest BCUT2D eigenvalue weighted by atomic mass is 16.5. The number of hydrogen-bond acceptors (Lipinski definition) is 5. The Morgan fingerprint density at radius 2 is 1.78 bits per heavy atom. The second kappa shape index (κ2) is 6.50. The van der Waals surface area contributed by atoms with Crippen molar-refractivity contribution in [1.29, 1.82) is 0 Å². The third kappa shape index (κ3) is 3.43. The van der Waals surface area contributed by atoms with Gasteiger partial charge in [0.2, 0.25) is 0 Å². The van der Waals surface area contributed by atoms with Crippen molar-refractivity contribution in [1.82, 2.24) is 5.32 Å². The van der Waals surface area contributed by atoms with Gasteiger partial charge in [-0.3, -0.25) is 4.79 Å². The van der Waals surface area contributed by atoms with Gasteiger partial charge in [-0.25, -0.2) is 0 Å². The maximum Gasteiger partial charge on any atom is 0.323 e. The summed E-state index contributed by atoms with van der Waals surface area (Å²) < 4.78 is 16.1. The van der Waals surface area contributed by atoms with Crippen LogP contribution in [0.5, 0.6) is 0 Å². The molecule has 1 aliphatic heterocycles. The molecular formula is C13H23NO4. The molecule has 0 spiro atoms. The summed E-state index contributed by atoms with van der Waals surface area (Å²) >= 11 is 0. The summed E-state index contributed by atoms with van der Waals surface area (Å²) in [5.74, 6) is -0.142. The molecule has 4 atom stereocenters. The molecule has 18 heavy (non-hydrogen) atoms. The average molecular weight is 257 g/mol. The van der Waals surface area contributed by atoms with Crippen molar-refractivity contribution in [3.8, 4) is 0 Å². The summed E-state index contributed by atoms with van der Waals surface area (Å²) in [6.07, 6.45) is 4.98. The minimum Gasteiger partial charge on any atom is -0.461 e. The van der Waals surface area contributed by atoms with Gasteiger partial charge in [0.1, 0.15) is 12.1 Å². The monoisotopic (exact) mass is 257 g/mol. The Morgan fingerprint density at radius 1 is 1.06 bits per heavy atom. The first-order chi connectivity index (χ1) is 8.72. The summed E-state index contributed by atoms with van der Waals surface area (Å²) in [5, 5.41) is 3.14. The summed E-state index contributed by atoms with van der Waals surface area (Å²) in [7, 11) is 3.39. The zero-order chi connectivity index (χ0) is 13.0. The van der Waals surface area contributed by atoms with Crippen molar-refractivity contribution in [2.75, 3.05) is 20.8 Å². The second-order valence-electron chi connectivity index (χ2n) is 5.14. The summed E-state index contributed by atoms with van der Waals surface area (Å²) in [5.41, 5.74) is 0. The molecule has 1 N–H and O–H groups in total. The number of methoxy groups -OCH3 is 2. The van der Waals surface area contributed by atoms with E-state index in [1.54, 1.807) is 14.2 Å². The van der Waals surface area contributed by atoms with Crippen LogP contribution in [0.1, 0.15) is 32.1 Å². The standard InChI is InChI=1S/C13H23NO4/c1-16-9-4-3-5-10(6-9)18-13(15)12-7-11(17-2)8-14-12/h9-12,14H,3-8H2,1-2H3. The number of carbonyl (C=O) groups is 1. The summed E-state index contributed by atoms with van der Waals surface area (Å²) in [6, 6.07) is -0.210. The first kappa shape index (κ1) is 13.8.